The zero-order chi connectivity index (χ0) is 13.1. The average Bonchev–Trinajstić information content (AvgIpc) is 2.36. The molecular formula is C13H12Cl2N2O. The fourth-order valence-corrected chi connectivity index (χ4v) is 1.83. The predicted octanol–water partition coefficient (Wildman–Crippen LogP) is 3.95. The highest BCUT2D eigenvalue weighted by molar-refractivity contribution is 6.32. The van der Waals surface area contributed by atoms with Crippen LogP contribution in [-0.4, -0.2) is 4.98 Å². The van der Waals surface area contributed by atoms with Gasteiger partial charge in [-0.25, -0.2) is 4.98 Å². The van der Waals surface area contributed by atoms with Crippen molar-refractivity contribution >= 4 is 23.2 Å². The van der Waals surface area contributed by atoms with Crippen LogP contribution >= 0.6 is 23.2 Å². The number of pyridine rings is 1. The van der Waals surface area contributed by atoms with Crippen LogP contribution in [0.25, 0.3) is 0 Å². The zero-order valence-corrected chi connectivity index (χ0v) is 11.3. The van der Waals surface area contributed by atoms with Crippen LogP contribution in [0.3, 0.4) is 0 Å². The number of aromatic nitrogens is 1. The number of aryl methyl sites for hydroxylation is 1. The Balaban J connectivity index is 2.31. The van der Waals surface area contributed by atoms with Gasteiger partial charge >= 0.3 is 0 Å². The lowest BCUT2D eigenvalue weighted by atomic mass is 10.2. The highest BCUT2D eigenvalue weighted by Gasteiger charge is 2.08. The van der Waals surface area contributed by atoms with Gasteiger partial charge in [-0.1, -0.05) is 29.3 Å². The summed E-state index contributed by atoms with van der Waals surface area (Å²) in [6.07, 6.45) is 1.63. The highest BCUT2D eigenvalue weighted by Crippen LogP contribution is 2.32. The molecule has 18 heavy (non-hydrogen) atoms. The fraction of sp³-hybridized carbons (Fsp3) is 0.154. The first-order valence-corrected chi connectivity index (χ1v) is 6.14. The van der Waals surface area contributed by atoms with Crippen molar-refractivity contribution in [3.63, 3.8) is 0 Å². The van der Waals surface area contributed by atoms with Crippen LogP contribution in [0.15, 0.2) is 30.5 Å². The summed E-state index contributed by atoms with van der Waals surface area (Å²) in [6, 6.07) is 7.24. The van der Waals surface area contributed by atoms with E-state index in [1.54, 1.807) is 18.3 Å². The van der Waals surface area contributed by atoms with E-state index in [0.717, 1.165) is 11.1 Å². The minimum absolute atomic E-state index is 0.321. The number of halogens is 2. The maximum Gasteiger partial charge on any atom is 0.238 e. The van der Waals surface area contributed by atoms with Crippen LogP contribution in [0.1, 0.15) is 11.1 Å². The van der Waals surface area contributed by atoms with E-state index >= 15 is 0 Å². The second-order valence-electron chi connectivity index (χ2n) is 3.87. The quantitative estimate of drug-likeness (QED) is 0.927. The van der Waals surface area contributed by atoms with E-state index in [2.05, 4.69) is 4.98 Å². The Hall–Kier alpha value is -1.29. The van der Waals surface area contributed by atoms with E-state index in [1.807, 2.05) is 19.1 Å². The smallest absolute Gasteiger partial charge is 0.238 e. The molecule has 1 aromatic carbocycles. The summed E-state index contributed by atoms with van der Waals surface area (Å²) >= 11 is 12.1. The molecule has 0 atom stereocenters. The molecule has 0 fully saturated rings. The molecular weight excluding hydrogens is 271 g/mol. The van der Waals surface area contributed by atoms with Crippen LogP contribution in [0.2, 0.25) is 10.0 Å². The van der Waals surface area contributed by atoms with Gasteiger partial charge in [0.15, 0.2) is 0 Å². The topological polar surface area (TPSA) is 48.1 Å². The highest BCUT2D eigenvalue weighted by atomic mass is 35.5. The molecule has 0 aliphatic heterocycles. The van der Waals surface area contributed by atoms with Gasteiger partial charge in [0, 0.05) is 12.7 Å². The van der Waals surface area contributed by atoms with E-state index in [-0.39, 0.29) is 0 Å². The Morgan fingerprint density at radius 1 is 1.22 bits per heavy atom. The Labute approximate surface area is 115 Å². The van der Waals surface area contributed by atoms with Crippen LogP contribution in [-0.2, 0) is 6.54 Å². The van der Waals surface area contributed by atoms with Crippen LogP contribution in [0, 0.1) is 6.92 Å². The Bertz CT molecular complexity index is 573. The van der Waals surface area contributed by atoms with Gasteiger partial charge in [0.2, 0.25) is 5.88 Å². The zero-order valence-electron chi connectivity index (χ0n) is 9.78. The summed E-state index contributed by atoms with van der Waals surface area (Å²) in [4.78, 5) is 4.12. The number of hydrogen-bond donors (Lipinski definition) is 1. The second kappa shape index (κ2) is 5.57. The predicted molar refractivity (Wildman–Crippen MR) is 73.4 cm³/mol. The third-order valence-corrected chi connectivity index (χ3v) is 2.98. The molecule has 2 rings (SSSR count). The summed E-state index contributed by atoms with van der Waals surface area (Å²) in [5.41, 5.74) is 7.40. The first-order chi connectivity index (χ1) is 8.60. The molecule has 0 spiro atoms. The monoisotopic (exact) mass is 282 g/mol. The number of ether oxygens (including phenoxy) is 1. The van der Waals surface area contributed by atoms with Gasteiger partial charge in [0.1, 0.15) is 10.8 Å². The van der Waals surface area contributed by atoms with Gasteiger partial charge in [-0.2, -0.15) is 0 Å². The van der Waals surface area contributed by atoms with Crippen LogP contribution in [0.5, 0.6) is 11.6 Å². The van der Waals surface area contributed by atoms with E-state index in [1.165, 1.54) is 0 Å². The molecule has 0 aliphatic carbocycles. The molecule has 94 valence electrons. The van der Waals surface area contributed by atoms with Gasteiger partial charge in [-0.05, 0) is 36.2 Å². The van der Waals surface area contributed by atoms with Crippen molar-refractivity contribution in [1.29, 1.82) is 0 Å². The van der Waals surface area contributed by atoms with Crippen molar-refractivity contribution in [2.45, 2.75) is 13.5 Å². The van der Waals surface area contributed by atoms with Crippen molar-refractivity contribution in [1.82, 2.24) is 4.98 Å². The van der Waals surface area contributed by atoms with E-state index in [9.17, 15) is 0 Å². The van der Waals surface area contributed by atoms with Gasteiger partial charge < -0.3 is 10.5 Å². The molecule has 1 aromatic heterocycles. The minimum Gasteiger partial charge on any atom is -0.436 e. The van der Waals surface area contributed by atoms with Crippen molar-refractivity contribution < 1.29 is 4.74 Å². The third kappa shape index (κ3) is 2.93. The maximum atomic E-state index is 6.06. The average molecular weight is 283 g/mol. The lowest BCUT2D eigenvalue weighted by molar-refractivity contribution is 0.462. The first kappa shape index (κ1) is 13.1. The molecule has 5 heteroatoms. The molecule has 2 aromatic rings. The number of nitrogens with zero attached hydrogens (tertiary/aromatic N) is 1. The first-order valence-electron chi connectivity index (χ1n) is 5.38. The van der Waals surface area contributed by atoms with Gasteiger partial charge in [0.25, 0.3) is 0 Å². The lowest BCUT2D eigenvalue weighted by Crippen LogP contribution is -1.98. The van der Waals surface area contributed by atoms with Gasteiger partial charge in [0.05, 0.1) is 5.02 Å². The molecule has 0 aliphatic rings. The van der Waals surface area contributed by atoms with Crippen molar-refractivity contribution in [3.8, 4) is 11.6 Å². The van der Waals surface area contributed by atoms with Crippen molar-refractivity contribution in [2.24, 2.45) is 5.73 Å². The molecule has 0 saturated heterocycles. The van der Waals surface area contributed by atoms with E-state index in [0.29, 0.717) is 28.2 Å². The molecule has 1 heterocycles. The Kier molecular flexibility index (Phi) is 4.07. The lowest BCUT2D eigenvalue weighted by Gasteiger charge is -2.09. The summed E-state index contributed by atoms with van der Waals surface area (Å²) in [5, 5.41) is 0.928. The van der Waals surface area contributed by atoms with Crippen molar-refractivity contribution in [2.75, 3.05) is 0 Å². The van der Waals surface area contributed by atoms with Crippen LogP contribution in [0.4, 0.5) is 0 Å². The van der Waals surface area contributed by atoms with E-state index in [4.69, 9.17) is 33.7 Å². The normalized spacial score (nSPS) is 10.4. The maximum absolute atomic E-state index is 6.06. The number of nitrogens with two attached hydrogens (primary N) is 1. The summed E-state index contributed by atoms with van der Waals surface area (Å²) in [5.74, 6) is 0.855. The van der Waals surface area contributed by atoms with Gasteiger partial charge in [-0.15, -0.1) is 0 Å². The Morgan fingerprint density at radius 2 is 2.00 bits per heavy atom. The standard InChI is InChI=1S/C13H12Cl2N2O/c1-8-2-3-10(14)12(4-8)18-13-11(15)5-9(6-16)7-17-13/h2-5,7H,6,16H2,1H3. The fourth-order valence-electron chi connectivity index (χ4n) is 1.44. The Morgan fingerprint density at radius 3 is 2.67 bits per heavy atom. The third-order valence-electron chi connectivity index (χ3n) is 2.39. The summed E-state index contributed by atoms with van der Waals surface area (Å²) in [6.45, 7) is 2.34. The number of rotatable bonds is 3. The molecule has 0 saturated carbocycles. The summed E-state index contributed by atoms with van der Waals surface area (Å²) < 4.78 is 5.60. The number of hydrogen-bond acceptors (Lipinski definition) is 3. The van der Waals surface area contributed by atoms with Crippen molar-refractivity contribution in [3.05, 3.63) is 51.6 Å². The largest absolute Gasteiger partial charge is 0.436 e. The molecule has 0 amide bonds. The minimum atomic E-state index is 0.321. The molecule has 0 unspecified atom stereocenters. The molecule has 3 nitrogen and oxygen atoms in total. The summed E-state index contributed by atoms with van der Waals surface area (Å²) in [7, 11) is 0. The second-order valence-corrected chi connectivity index (χ2v) is 4.69. The van der Waals surface area contributed by atoms with E-state index < -0.39 is 0 Å². The van der Waals surface area contributed by atoms with Crippen LogP contribution < -0.4 is 10.5 Å². The number of benzene rings is 1. The molecule has 0 radical (unpaired) electrons. The molecule has 0 bridgehead atoms. The molecule has 2 N–H and O–H groups in total. The van der Waals surface area contributed by atoms with Gasteiger partial charge in [-0.3, -0.25) is 0 Å². The SMILES string of the molecule is Cc1ccc(Cl)c(Oc2ncc(CN)cc2Cl)c1.